The third-order valence-corrected chi connectivity index (χ3v) is 1.19. The van der Waals surface area contributed by atoms with Crippen molar-refractivity contribution in [3.8, 4) is 0 Å². The molecule has 2 rings (SSSR count). The molecule has 0 aromatic carbocycles. The van der Waals surface area contributed by atoms with Crippen molar-refractivity contribution in [1.29, 1.82) is 0 Å². The van der Waals surface area contributed by atoms with Gasteiger partial charge >= 0.3 is 0 Å². The van der Waals surface area contributed by atoms with Crippen LogP contribution in [-0.2, 0) is 0 Å². The van der Waals surface area contributed by atoms with E-state index in [0.29, 0.717) is 0 Å². The predicted octanol–water partition coefficient (Wildman–Crippen LogP) is 1.07. The number of H-pyrrole nitrogens is 1. The second-order valence-corrected chi connectivity index (χ2v) is 1.70. The SMILES string of the molecule is [c]1cc2cccn2[nH]1. The molecule has 0 fully saturated rings. The third-order valence-electron chi connectivity index (χ3n) is 1.19. The fourth-order valence-corrected chi connectivity index (χ4v) is 0.789. The zero-order valence-corrected chi connectivity index (χ0v) is 4.26. The lowest BCUT2D eigenvalue weighted by molar-refractivity contribution is 0.971. The second-order valence-electron chi connectivity index (χ2n) is 1.70. The van der Waals surface area contributed by atoms with E-state index in [-0.39, 0.29) is 0 Å². The maximum absolute atomic E-state index is 2.89. The van der Waals surface area contributed by atoms with E-state index in [2.05, 4.69) is 11.3 Å². The van der Waals surface area contributed by atoms with E-state index in [1.165, 1.54) is 0 Å². The molecule has 0 aliphatic heterocycles. The summed E-state index contributed by atoms with van der Waals surface area (Å²) >= 11 is 0. The average Bonchev–Trinajstić information content (AvgIpc) is 2.15. The molecule has 0 aliphatic rings. The lowest BCUT2D eigenvalue weighted by Crippen LogP contribution is -1.74. The molecular formula is C6H5N2. The molecule has 0 amide bonds. The van der Waals surface area contributed by atoms with Gasteiger partial charge in [-0.25, -0.2) is 0 Å². The number of nitrogens with one attached hydrogen (secondary N) is 1. The molecular weight excluding hydrogens is 100 g/mol. The van der Waals surface area contributed by atoms with Crippen molar-refractivity contribution in [3.63, 3.8) is 0 Å². The Morgan fingerprint density at radius 2 is 2.62 bits per heavy atom. The smallest absolute Gasteiger partial charge is 0.0817 e. The van der Waals surface area contributed by atoms with Crippen LogP contribution in [0, 0.1) is 6.20 Å². The molecule has 2 heteroatoms. The van der Waals surface area contributed by atoms with Gasteiger partial charge in [-0.3, -0.25) is 9.61 Å². The summed E-state index contributed by atoms with van der Waals surface area (Å²) in [6.45, 7) is 0. The lowest BCUT2D eigenvalue weighted by atomic mass is 10.5. The van der Waals surface area contributed by atoms with E-state index in [1.807, 2.05) is 28.9 Å². The highest BCUT2D eigenvalue weighted by Crippen LogP contribution is 1.98. The predicted molar refractivity (Wildman–Crippen MR) is 30.6 cm³/mol. The summed E-state index contributed by atoms with van der Waals surface area (Å²) < 4.78 is 1.90. The minimum absolute atomic E-state index is 1.16. The van der Waals surface area contributed by atoms with Gasteiger partial charge in [0.25, 0.3) is 0 Å². The van der Waals surface area contributed by atoms with Crippen LogP contribution in [-0.4, -0.2) is 9.61 Å². The molecule has 0 atom stereocenters. The Balaban J connectivity index is 3.06. The molecule has 0 spiro atoms. The Hall–Kier alpha value is -1.18. The van der Waals surface area contributed by atoms with Crippen LogP contribution in [0.5, 0.6) is 0 Å². The van der Waals surface area contributed by atoms with Crippen LogP contribution < -0.4 is 0 Å². The molecule has 2 aromatic heterocycles. The molecule has 0 saturated heterocycles. The first-order valence-corrected chi connectivity index (χ1v) is 2.49. The largest absolute Gasteiger partial charge is 0.292 e. The van der Waals surface area contributed by atoms with Crippen molar-refractivity contribution >= 4 is 5.52 Å². The normalized spacial score (nSPS) is 10.5. The number of aromatic nitrogens is 2. The Bertz CT molecular complexity index is 228. The van der Waals surface area contributed by atoms with Crippen molar-refractivity contribution in [1.82, 2.24) is 9.61 Å². The number of nitrogens with zero attached hydrogens (tertiary/aromatic N) is 1. The molecule has 0 unspecified atom stereocenters. The summed E-state index contributed by atoms with van der Waals surface area (Å²) in [6.07, 6.45) is 4.81. The van der Waals surface area contributed by atoms with E-state index >= 15 is 0 Å². The van der Waals surface area contributed by atoms with Gasteiger partial charge in [-0.1, -0.05) is 0 Å². The van der Waals surface area contributed by atoms with Gasteiger partial charge in [0, 0.05) is 6.20 Å². The van der Waals surface area contributed by atoms with Crippen LogP contribution in [0.25, 0.3) is 5.52 Å². The lowest BCUT2D eigenvalue weighted by Gasteiger charge is -1.76. The van der Waals surface area contributed by atoms with Gasteiger partial charge < -0.3 is 0 Å². The van der Waals surface area contributed by atoms with Crippen molar-refractivity contribution in [2.75, 3.05) is 0 Å². The standard InChI is InChI=1S/C6H5N2/c1-2-6-3-4-7-8(6)5-1/h1-3,5,7H. The van der Waals surface area contributed by atoms with E-state index in [4.69, 9.17) is 0 Å². The number of aromatic amines is 1. The Labute approximate surface area is 46.7 Å². The molecule has 2 aromatic rings. The third kappa shape index (κ3) is 0.320. The summed E-state index contributed by atoms with van der Waals surface area (Å²) in [5, 5.41) is 2.89. The molecule has 2 nitrogen and oxygen atoms in total. The van der Waals surface area contributed by atoms with E-state index in [0.717, 1.165) is 5.52 Å². The van der Waals surface area contributed by atoms with Crippen molar-refractivity contribution in [2.24, 2.45) is 0 Å². The van der Waals surface area contributed by atoms with Gasteiger partial charge in [-0.05, 0) is 18.2 Å². The highest BCUT2D eigenvalue weighted by Gasteiger charge is 1.86. The number of hydrogen-bond acceptors (Lipinski definition) is 0. The zero-order valence-electron chi connectivity index (χ0n) is 4.26. The molecule has 2 heterocycles. The highest BCUT2D eigenvalue weighted by atomic mass is 15.2. The summed E-state index contributed by atoms with van der Waals surface area (Å²) in [4.78, 5) is 0. The minimum Gasteiger partial charge on any atom is -0.292 e. The summed E-state index contributed by atoms with van der Waals surface area (Å²) in [5.41, 5.74) is 1.16. The van der Waals surface area contributed by atoms with Crippen LogP contribution in [0.4, 0.5) is 0 Å². The van der Waals surface area contributed by atoms with E-state index < -0.39 is 0 Å². The van der Waals surface area contributed by atoms with Crippen LogP contribution >= 0.6 is 0 Å². The van der Waals surface area contributed by atoms with Crippen molar-refractivity contribution < 1.29 is 0 Å². The molecule has 0 bridgehead atoms. The van der Waals surface area contributed by atoms with Gasteiger partial charge in [0.05, 0.1) is 11.7 Å². The van der Waals surface area contributed by atoms with Gasteiger partial charge in [-0.15, -0.1) is 0 Å². The van der Waals surface area contributed by atoms with Crippen LogP contribution in [0.3, 0.4) is 0 Å². The van der Waals surface area contributed by atoms with Crippen molar-refractivity contribution in [3.05, 3.63) is 30.6 Å². The topological polar surface area (TPSA) is 20.2 Å². The Kier molecular flexibility index (Phi) is 0.545. The van der Waals surface area contributed by atoms with Gasteiger partial charge in [-0.2, -0.15) is 0 Å². The molecule has 39 valence electrons. The molecule has 0 aliphatic carbocycles. The maximum atomic E-state index is 2.89. The van der Waals surface area contributed by atoms with Crippen LogP contribution in [0.2, 0.25) is 0 Å². The van der Waals surface area contributed by atoms with E-state index in [1.54, 1.807) is 0 Å². The number of hydrogen-bond donors (Lipinski definition) is 1. The zero-order chi connectivity index (χ0) is 5.40. The number of rotatable bonds is 0. The summed E-state index contributed by atoms with van der Waals surface area (Å²) in [5.74, 6) is 0. The fraction of sp³-hybridized carbons (Fsp3) is 0. The van der Waals surface area contributed by atoms with Crippen LogP contribution in [0.1, 0.15) is 0 Å². The number of fused-ring (bicyclic) bond motifs is 1. The van der Waals surface area contributed by atoms with Gasteiger partial charge in [0.2, 0.25) is 0 Å². The molecule has 0 saturated carbocycles. The first kappa shape index (κ1) is 3.78. The second kappa shape index (κ2) is 1.15. The molecule has 1 N–H and O–H groups in total. The average molecular weight is 105 g/mol. The highest BCUT2D eigenvalue weighted by molar-refractivity contribution is 5.44. The van der Waals surface area contributed by atoms with Gasteiger partial charge in [0.15, 0.2) is 0 Å². The van der Waals surface area contributed by atoms with E-state index in [9.17, 15) is 0 Å². The Morgan fingerprint density at radius 1 is 1.62 bits per heavy atom. The molecule has 8 heavy (non-hydrogen) atoms. The first-order chi connectivity index (χ1) is 3.97. The van der Waals surface area contributed by atoms with Crippen LogP contribution in [0.15, 0.2) is 24.4 Å². The minimum atomic E-state index is 1.16. The summed E-state index contributed by atoms with van der Waals surface area (Å²) in [6, 6.07) is 5.91. The maximum Gasteiger partial charge on any atom is 0.0817 e. The quantitative estimate of drug-likeness (QED) is 0.517. The molecule has 1 radical (unpaired) electrons. The summed E-state index contributed by atoms with van der Waals surface area (Å²) in [7, 11) is 0. The van der Waals surface area contributed by atoms with Crippen molar-refractivity contribution in [2.45, 2.75) is 0 Å². The first-order valence-electron chi connectivity index (χ1n) is 2.49. The van der Waals surface area contributed by atoms with Gasteiger partial charge in [0.1, 0.15) is 0 Å². The Morgan fingerprint density at radius 3 is 3.50 bits per heavy atom. The fourth-order valence-electron chi connectivity index (χ4n) is 0.789. The monoisotopic (exact) mass is 105 g/mol.